The van der Waals surface area contributed by atoms with Gasteiger partial charge in [0, 0.05) is 19.2 Å². The van der Waals surface area contributed by atoms with E-state index in [4.69, 9.17) is 11.6 Å². The lowest BCUT2D eigenvalue weighted by Crippen LogP contribution is -2.35. The first kappa shape index (κ1) is 16.7. The van der Waals surface area contributed by atoms with E-state index >= 15 is 0 Å². The van der Waals surface area contributed by atoms with E-state index < -0.39 is 4.92 Å². The van der Waals surface area contributed by atoms with Gasteiger partial charge >= 0.3 is 0 Å². The highest BCUT2D eigenvalue weighted by Gasteiger charge is 2.22. The minimum atomic E-state index is -0.600. The van der Waals surface area contributed by atoms with Gasteiger partial charge < -0.3 is 4.90 Å². The van der Waals surface area contributed by atoms with Crippen molar-refractivity contribution < 1.29 is 9.72 Å². The number of nitro groups is 1. The molecule has 1 heterocycles. The lowest BCUT2D eigenvalue weighted by molar-refractivity contribution is -0.385. The second-order valence-corrected chi connectivity index (χ2v) is 5.68. The summed E-state index contributed by atoms with van der Waals surface area (Å²) in [5.74, 6) is 0.569. The van der Waals surface area contributed by atoms with E-state index in [1.165, 1.54) is 4.90 Å². The summed E-state index contributed by atoms with van der Waals surface area (Å²) in [5, 5.41) is 10.7. The number of thioether (sulfide) groups is 1. The minimum Gasteiger partial charge on any atom is -0.339 e. The van der Waals surface area contributed by atoms with Crippen LogP contribution in [0.3, 0.4) is 0 Å². The van der Waals surface area contributed by atoms with Crippen LogP contribution < -0.4 is 0 Å². The first-order valence-corrected chi connectivity index (χ1v) is 7.71. The fraction of sp³-hybridized carbons (Fsp3) is 0.500. The predicted molar refractivity (Wildman–Crippen MR) is 80.5 cm³/mol. The summed E-state index contributed by atoms with van der Waals surface area (Å²) < 4.78 is 0. The molecule has 0 radical (unpaired) electrons. The van der Waals surface area contributed by atoms with E-state index in [0.29, 0.717) is 0 Å². The summed E-state index contributed by atoms with van der Waals surface area (Å²) >= 11 is 7.56. The fourth-order valence-corrected chi connectivity index (χ4v) is 2.32. The molecular weight excluding hydrogens is 302 g/mol. The van der Waals surface area contributed by atoms with Crippen molar-refractivity contribution >= 4 is 35.0 Å². The summed E-state index contributed by atoms with van der Waals surface area (Å²) in [6, 6.07) is 1.18. The summed E-state index contributed by atoms with van der Waals surface area (Å²) in [6.45, 7) is 1.92. The largest absolute Gasteiger partial charge is 0.339 e. The summed E-state index contributed by atoms with van der Waals surface area (Å²) in [6.07, 6.45) is 3.87. The van der Waals surface area contributed by atoms with E-state index in [2.05, 4.69) is 4.98 Å². The molecule has 0 saturated heterocycles. The number of rotatable bonds is 6. The van der Waals surface area contributed by atoms with Gasteiger partial charge in [0.05, 0.1) is 10.5 Å². The van der Waals surface area contributed by atoms with Gasteiger partial charge in [-0.05, 0) is 25.4 Å². The average Bonchev–Trinajstić information content (AvgIpc) is 2.43. The van der Waals surface area contributed by atoms with Crippen molar-refractivity contribution in [3.8, 4) is 0 Å². The lowest BCUT2D eigenvalue weighted by Gasteiger charge is -2.25. The van der Waals surface area contributed by atoms with Crippen LogP contribution in [0.2, 0.25) is 5.15 Å². The van der Waals surface area contributed by atoms with Crippen LogP contribution in [0, 0.1) is 10.1 Å². The molecule has 1 unspecified atom stereocenters. The van der Waals surface area contributed by atoms with Crippen LogP contribution in [0.15, 0.2) is 12.3 Å². The summed E-state index contributed by atoms with van der Waals surface area (Å²) in [5.41, 5.74) is -0.192. The Morgan fingerprint density at radius 3 is 2.85 bits per heavy atom. The number of pyridine rings is 1. The van der Waals surface area contributed by atoms with Crippen LogP contribution >= 0.6 is 23.4 Å². The highest BCUT2D eigenvalue weighted by molar-refractivity contribution is 7.98. The minimum absolute atomic E-state index is 0.0188. The van der Waals surface area contributed by atoms with Gasteiger partial charge in [-0.25, -0.2) is 4.98 Å². The zero-order valence-corrected chi connectivity index (χ0v) is 13.1. The molecule has 0 aliphatic carbocycles. The number of halogens is 1. The molecule has 0 saturated carbocycles. The van der Waals surface area contributed by atoms with Gasteiger partial charge in [-0.3, -0.25) is 14.9 Å². The normalized spacial score (nSPS) is 12.0. The van der Waals surface area contributed by atoms with E-state index in [1.807, 2.05) is 13.2 Å². The fourth-order valence-electron chi connectivity index (χ4n) is 1.56. The Kier molecular flexibility index (Phi) is 6.22. The zero-order valence-electron chi connectivity index (χ0n) is 11.5. The smallest absolute Gasteiger partial charge is 0.288 e. The van der Waals surface area contributed by atoms with E-state index in [-0.39, 0.29) is 28.4 Å². The third-order valence-corrected chi connectivity index (χ3v) is 3.93. The van der Waals surface area contributed by atoms with Crippen molar-refractivity contribution in [3.05, 3.63) is 33.1 Å². The van der Waals surface area contributed by atoms with Crippen LogP contribution in [0.1, 0.15) is 23.7 Å². The average molecular weight is 318 g/mol. The first-order chi connectivity index (χ1) is 9.38. The second kappa shape index (κ2) is 7.44. The van der Waals surface area contributed by atoms with Gasteiger partial charge in [0.1, 0.15) is 11.3 Å². The Morgan fingerprint density at radius 2 is 2.30 bits per heavy atom. The highest BCUT2D eigenvalue weighted by Crippen LogP contribution is 2.21. The molecule has 0 aliphatic rings. The van der Waals surface area contributed by atoms with Crippen LogP contribution in [-0.2, 0) is 0 Å². The summed E-state index contributed by atoms with van der Waals surface area (Å²) in [4.78, 5) is 27.7. The Bertz CT molecular complexity index is 513. The SMILES string of the molecule is CSCCC(C)N(C)C(=O)c1cc([N+](=O)[O-])cnc1Cl. The van der Waals surface area contributed by atoms with Crippen molar-refractivity contribution in [3.63, 3.8) is 0 Å². The Balaban J connectivity index is 2.96. The number of amides is 1. The third kappa shape index (κ3) is 4.08. The highest BCUT2D eigenvalue weighted by atomic mass is 35.5. The maximum Gasteiger partial charge on any atom is 0.288 e. The first-order valence-electron chi connectivity index (χ1n) is 5.94. The summed E-state index contributed by atoms with van der Waals surface area (Å²) in [7, 11) is 1.66. The molecule has 0 fully saturated rings. The molecule has 0 aliphatic heterocycles. The molecular formula is C12H16ClN3O3S. The Morgan fingerprint density at radius 1 is 1.65 bits per heavy atom. The van der Waals surface area contributed by atoms with Gasteiger partial charge in [0.2, 0.25) is 0 Å². The van der Waals surface area contributed by atoms with Crippen LogP contribution in [0.5, 0.6) is 0 Å². The molecule has 1 aromatic heterocycles. The molecule has 1 atom stereocenters. The number of hydrogen-bond donors (Lipinski definition) is 0. The molecule has 0 bridgehead atoms. The van der Waals surface area contributed by atoms with Gasteiger partial charge in [-0.2, -0.15) is 11.8 Å². The van der Waals surface area contributed by atoms with E-state index in [9.17, 15) is 14.9 Å². The molecule has 1 rings (SSSR count). The quantitative estimate of drug-likeness (QED) is 0.458. The Hall–Kier alpha value is -1.34. The van der Waals surface area contributed by atoms with E-state index in [0.717, 1.165) is 24.4 Å². The Labute approximate surface area is 126 Å². The van der Waals surface area contributed by atoms with Crippen LogP contribution in [0.25, 0.3) is 0 Å². The van der Waals surface area contributed by atoms with Crippen molar-refractivity contribution in [2.75, 3.05) is 19.1 Å². The van der Waals surface area contributed by atoms with Crippen molar-refractivity contribution in [2.24, 2.45) is 0 Å². The molecule has 110 valence electrons. The maximum absolute atomic E-state index is 12.3. The molecule has 6 nitrogen and oxygen atoms in total. The molecule has 1 aromatic rings. The van der Waals surface area contributed by atoms with Gasteiger partial charge in [0.25, 0.3) is 11.6 Å². The van der Waals surface area contributed by atoms with Gasteiger partial charge in [-0.1, -0.05) is 11.6 Å². The number of carbonyl (C=O) groups excluding carboxylic acids is 1. The van der Waals surface area contributed by atoms with Crippen LogP contribution in [0.4, 0.5) is 5.69 Å². The third-order valence-electron chi connectivity index (χ3n) is 2.99. The topological polar surface area (TPSA) is 76.3 Å². The van der Waals surface area contributed by atoms with Gasteiger partial charge in [0.15, 0.2) is 0 Å². The number of aromatic nitrogens is 1. The van der Waals surface area contributed by atoms with Crippen molar-refractivity contribution in [1.82, 2.24) is 9.88 Å². The number of nitrogens with zero attached hydrogens (tertiary/aromatic N) is 3. The van der Waals surface area contributed by atoms with Crippen molar-refractivity contribution in [1.29, 1.82) is 0 Å². The van der Waals surface area contributed by atoms with E-state index in [1.54, 1.807) is 18.8 Å². The predicted octanol–water partition coefficient (Wildman–Crippen LogP) is 2.86. The number of carbonyl (C=O) groups is 1. The molecule has 20 heavy (non-hydrogen) atoms. The zero-order chi connectivity index (χ0) is 15.3. The molecule has 0 spiro atoms. The molecule has 0 aromatic carbocycles. The molecule has 8 heteroatoms. The maximum atomic E-state index is 12.3. The van der Waals surface area contributed by atoms with Crippen molar-refractivity contribution in [2.45, 2.75) is 19.4 Å². The second-order valence-electron chi connectivity index (χ2n) is 4.34. The molecule has 1 amide bonds. The van der Waals surface area contributed by atoms with Gasteiger partial charge in [-0.15, -0.1) is 0 Å². The molecule has 0 N–H and O–H groups in total. The number of hydrogen-bond acceptors (Lipinski definition) is 5. The standard InChI is InChI=1S/C12H16ClN3O3S/c1-8(4-5-20-3)15(2)12(17)10-6-9(16(18)19)7-14-11(10)13/h6-8H,4-5H2,1-3H3. The van der Waals surface area contributed by atoms with Crippen LogP contribution in [-0.4, -0.2) is 45.8 Å². The lowest BCUT2D eigenvalue weighted by atomic mass is 10.2. The monoisotopic (exact) mass is 317 g/mol.